The van der Waals surface area contributed by atoms with E-state index in [2.05, 4.69) is 20.3 Å². The first kappa shape index (κ1) is 15.9. The summed E-state index contributed by atoms with van der Waals surface area (Å²) in [5.74, 6) is -0.677. The lowest BCUT2D eigenvalue weighted by Crippen LogP contribution is -2.12. The van der Waals surface area contributed by atoms with E-state index in [1.807, 2.05) is 0 Å². The molecule has 0 atom stereocenters. The summed E-state index contributed by atoms with van der Waals surface area (Å²) >= 11 is 1.10. The zero-order valence-electron chi connectivity index (χ0n) is 11.5. The van der Waals surface area contributed by atoms with Crippen LogP contribution in [0.1, 0.15) is 10.4 Å². The average molecular weight is 324 g/mol. The van der Waals surface area contributed by atoms with Gasteiger partial charge >= 0.3 is 5.97 Å². The molecule has 0 amide bonds. The van der Waals surface area contributed by atoms with Crippen LogP contribution in [0, 0.1) is 10.1 Å². The van der Waals surface area contributed by atoms with Crippen molar-refractivity contribution < 1.29 is 14.5 Å². The summed E-state index contributed by atoms with van der Waals surface area (Å²) in [6, 6.07) is 3.91. The first-order valence-corrected chi connectivity index (χ1v) is 6.89. The first-order valence-electron chi connectivity index (χ1n) is 6.07. The van der Waals surface area contributed by atoms with E-state index in [4.69, 9.17) is 5.73 Å². The Hall–Kier alpha value is -2.53. The molecule has 2 aromatic rings. The van der Waals surface area contributed by atoms with Crippen LogP contribution in [0.4, 0.5) is 5.69 Å². The number of methoxy groups -OCH3 is 1. The molecule has 0 saturated heterocycles. The van der Waals surface area contributed by atoms with Gasteiger partial charge in [0.25, 0.3) is 5.69 Å². The van der Waals surface area contributed by atoms with Crippen LogP contribution in [0.15, 0.2) is 28.3 Å². The molecule has 22 heavy (non-hydrogen) atoms. The van der Waals surface area contributed by atoms with Crippen molar-refractivity contribution in [3.05, 3.63) is 33.9 Å². The largest absolute Gasteiger partial charge is 0.465 e. The van der Waals surface area contributed by atoms with Crippen molar-refractivity contribution in [1.82, 2.24) is 20.2 Å². The van der Waals surface area contributed by atoms with Crippen molar-refractivity contribution >= 4 is 23.4 Å². The Morgan fingerprint density at radius 3 is 2.95 bits per heavy atom. The summed E-state index contributed by atoms with van der Waals surface area (Å²) in [6.45, 7) is 0.762. The minimum Gasteiger partial charge on any atom is -0.465 e. The van der Waals surface area contributed by atoms with Crippen LogP contribution in [0.25, 0.3) is 0 Å². The van der Waals surface area contributed by atoms with E-state index in [9.17, 15) is 14.9 Å². The fraction of sp³-hybridized carbons (Fsp3) is 0.273. The zero-order valence-corrected chi connectivity index (χ0v) is 12.3. The minimum absolute atomic E-state index is 0.0731. The number of rotatable bonds is 6. The molecule has 0 fully saturated rings. The van der Waals surface area contributed by atoms with Gasteiger partial charge in [0.05, 0.1) is 24.1 Å². The van der Waals surface area contributed by atoms with E-state index in [-0.39, 0.29) is 11.3 Å². The Morgan fingerprint density at radius 1 is 1.55 bits per heavy atom. The second-order valence-electron chi connectivity index (χ2n) is 4.00. The number of nitrogens with two attached hydrogens (primary N) is 1. The number of carbonyl (C=O) groups is 1. The highest BCUT2D eigenvalue weighted by Crippen LogP contribution is 2.31. The van der Waals surface area contributed by atoms with Gasteiger partial charge in [-0.05, 0) is 28.3 Å². The molecule has 0 aliphatic rings. The van der Waals surface area contributed by atoms with Crippen LogP contribution < -0.4 is 5.73 Å². The molecular formula is C11H12N6O4S. The van der Waals surface area contributed by atoms with E-state index < -0.39 is 10.9 Å². The second-order valence-corrected chi connectivity index (χ2v) is 5.01. The molecule has 116 valence electrons. The van der Waals surface area contributed by atoms with Crippen LogP contribution in [0.5, 0.6) is 0 Å². The van der Waals surface area contributed by atoms with Crippen LogP contribution in [-0.4, -0.2) is 44.8 Å². The summed E-state index contributed by atoms with van der Waals surface area (Å²) < 4.78 is 6.13. The van der Waals surface area contributed by atoms with Crippen LogP contribution in [-0.2, 0) is 11.3 Å². The number of hydrogen-bond acceptors (Lipinski definition) is 9. The van der Waals surface area contributed by atoms with Gasteiger partial charge in [-0.3, -0.25) is 10.1 Å². The normalized spacial score (nSPS) is 10.5. The van der Waals surface area contributed by atoms with Crippen molar-refractivity contribution in [2.75, 3.05) is 13.7 Å². The summed E-state index contributed by atoms with van der Waals surface area (Å²) in [5.41, 5.74) is 5.33. The lowest BCUT2D eigenvalue weighted by molar-refractivity contribution is -0.384. The molecule has 11 heteroatoms. The molecule has 0 aliphatic heterocycles. The van der Waals surface area contributed by atoms with Gasteiger partial charge in [-0.2, -0.15) is 0 Å². The molecule has 0 saturated carbocycles. The zero-order chi connectivity index (χ0) is 16.1. The molecule has 0 bridgehead atoms. The predicted molar refractivity (Wildman–Crippen MR) is 75.4 cm³/mol. The Kier molecular flexibility index (Phi) is 5.01. The molecule has 2 rings (SSSR count). The lowest BCUT2D eigenvalue weighted by atomic mass is 10.2. The number of nitrogens with zero attached hydrogens (tertiary/aromatic N) is 5. The monoisotopic (exact) mass is 324 g/mol. The molecule has 0 unspecified atom stereocenters. The number of ether oxygens (including phenoxy) is 1. The number of aromatic nitrogens is 4. The highest BCUT2D eigenvalue weighted by Gasteiger charge is 2.20. The van der Waals surface area contributed by atoms with Gasteiger partial charge in [0, 0.05) is 23.6 Å². The molecule has 0 spiro atoms. The first-order chi connectivity index (χ1) is 10.6. The van der Waals surface area contributed by atoms with Crippen molar-refractivity contribution in [1.29, 1.82) is 0 Å². The van der Waals surface area contributed by atoms with E-state index >= 15 is 0 Å². The van der Waals surface area contributed by atoms with Gasteiger partial charge in [-0.1, -0.05) is 0 Å². The second kappa shape index (κ2) is 6.95. The van der Waals surface area contributed by atoms with Crippen molar-refractivity contribution in [3.8, 4) is 0 Å². The van der Waals surface area contributed by atoms with E-state index in [1.54, 1.807) is 0 Å². The highest BCUT2D eigenvalue weighted by molar-refractivity contribution is 7.99. The third-order valence-corrected chi connectivity index (χ3v) is 3.67. The standard InChI is InChI=1S/C11H12N6O4S/c1-21-10(18)8-6-7(17(19)20)2-3-9(8)22-11-13-14-15-16(11)5-4-12/h2-3,6H,4-5,12H2,1H3. The van der Waals surface area contributed by atoms with Crippen molar-refractivity contribution in [2.24, 2.45) is 5.73 Å². The van der Waals surface area contributed by atoms with Crippen LogP contribution in [0.3, 0.4) is 0 Å². The molecule has 10 nitrogen and oxygen atoms in total. The summed E-state index contributed by atoms with van der Waals surface area (Å²) in [4.78, 5) is 22.5. The van der Waals surface area contributed by atoms with Gasteiger partial charge in [0.2, 0.25) is 5.16 Å². The number of nitro benzene ring substituents is 1. The number of benzene rings is 1. The lowest BCUT2D eigenvalue weighted by Gasteiger charge is -2.07. The topological polar surface area (TPSA) is 139 Å². The van der Waals surface area contributed by atoms with Gasteiger partial charge in [0.15, 0.2) is 0 Å². The third-order valence-electron chi connectivity index (χ3n) is 2.62. The maximum atomic E-state index is 11.8. The average Bonchev–Trinajstić information content (AvgIpc) is 2.94. The van der Waals surface area contributed by atoms with Gasteiger partial charge < -0.3 is 10.5 Å². The van der Waals surface area contributed by atoms with Crippen molar-refractivity contribution in [2.45, 2.75) is 16.6 Å². The van der Waals surface area contributed by atoms with Crippen LogP contribution in [0.2, 0.25) is 0 Å². The third kappa shape index (κ3) is 3.38. The quantitative estimate of drug-likeness (QED) is 0.456. The molecule has 1 aromatic carbocycles. The van der Waals surface area contributed by atoms with E-state index in [1.165, 1.54) is 23.9 Å². The molecular weight excluding hydrogens is 312 g/mol. The molecule has 0 radical (unpaired) electrons. The fourth-order valence-corrected chi connectivity index (χ4v) is 2.52. The Balaban J connectivity index is 2.39. The van der Waals surface area contributed by atoms with E-state index in [0.29, 0.717) is 23.1 Å². The van der Waals surface area contributed by atoms with E-state index in [0.717, 1.165) is 17.8 Å². The maximum Gasteiger partial charge on any atom is 0.339 e. The molecule has 1 heterocycles. The Labute approximate surface area is 128 Å². The summed E-state index contributed by atoms with van der Waals surface area (Å²) in [6.07, 6.45) is 0. The number of carbonyl (C=O) groups excluding carboxylic acids is 1. The predicted octanol–water partition coefficient (Wildman–Crippen LogP) is 0.478. The molecule has 0 aliphatic carbocycles. The Bertz CT molecular complexity index is 704. The highest BCUT2D eigenvalue weighted by atomic mass is 32.2. The summed E-state index contributed by atoms with van der Waals surface area (Å²) in [5, 5.41) is 22.4. The molecule has 2 N–H and O–H groups in total. The minimum atomic E-state index is -0.677. The summed E-state index contributed by atoms with van der Waals surface area (Å²) in [7, 11) is 1.20. The van der Waals surface area contributed by atoms with Crippen molar-refractivity contribution in [3.63, 3.8) is 0 Å². The number of tetrazole rings is 1. The fourth-order valence-electron chi connectivity index (χ4n) is 1.62. The SMILES string of the molecule is COC(=O)c1cc([N+](=O)[O-])ccc1Sc1nnnn1CCN. The molecule has 1 aromatic heterocycles. The van der Waals surface area contributed by atoms with Gasteiger partial charge in [-0.25, -0.2) is 9.48 Å². The smallest absolute Gasteiger partial charge is 0.339 e. The Morgan fingerprint density at radius 2 is 2.32 bits per heavy atom. The van der Waals surface area contributed by atoms with Gasteiger partial charge in [0.1, 0.15) is 0 Å². The number of esters is 1. The number of nitro groups is 1. The number of hydrogen-bond donors (Lipinski definition) is 1. The number of non-ortho nitro benzene ring substituents is 1. The maximum absolute atomic E-state index is 11.8. The van der Waals surface area contributed by atoms with Gasteiger partial charge in [-0.15, -0.1) is 5.10 Å². The van der Waals surface area contributed by atoms with Crippen LogP contribution >= 0.6 is 11.8 Å².